The maximum absolute atomic E-state index is 13.2. The van der Waals surface area contributed by atoms with Gasteiger partial charge in [-0.15, -0.1) is 0 Å². The lowest BCUT2D eigenvalue weighted by atomic mass is 10.0. The molecule has 1 amide bonds. The van der Waals surface area contributed by atoms with Gasteiger partial charge in [0.25, 0.3) is 5.91 Å². The van der Waals surface area contributed by atoms with Gasteiger partial charge in [-0.25, -0.2) is 9.37 Å². The zero-order chi connectivity index (χ0) is 19.2. The molecule has 5 heteroatoms. The van der Waals surface area contributed by atoms with Crippen LogP contribution in [0.25, 0.3) is 22.2 Å². The largest absolute Gasteiger partial charge is 0.346 e. The van der Waals surface area contributed by atoms with Crippen molar-refractivity contribution >= 4 is 16.8 Å². The molecule has 0 radical (unpaired) electrons. The summed E-state index contributed by atoms with van der Waals surface area (Å²) in [4.78, 5) is 18.9. The fourth-order valence-corrected chi connectivity index (χ4v) is 3.18. The number of amides is 1. The maximum Gasteiger partial charge on any atom is 0.252 e. The molecule has 27 heavy (non-hydrogen) atoms. The van der Waals surface area contributed by atoms with Gasteiger partial charge in [0, 0.05) is 10.9 Å². The Morgan fingerprint density at radius 3 is 2.48 bits per heavy atom. The van der Waals surface area contributed by atoms with E-state index >= 15 is 0 Å². The molecule has 0 aliphatic rings. The van der Waals surface area contributed by atoms with Crippen LogP contribution in [0.4, 0.5) is 4.39 Å². The number of fused-ring (bicyclic) bond motifs is 1. The number of nitrogens with one attached hydrogen (secondary N) is 2. The van der Waals surface area contributed by atoms with E-state index in [2.05, 4.69) is 24.1 Å². The third kappa shape index (κ3) is 4.49. The Morgan fingerprint density at radius 2 is 1.78 bits per heavy atom. The molecule has 0 saturated heterocycles. The molecule has 0 unspecified atom stereocenters. The fraction of sp³-hybridized carbons (Fsp3) is 0.273. The van der Waals surface area contributed by atoms with Gasteiger partial charge in [-0.2, -0.15) is 0 Å². The van der Waals surface area contributed by atoms with Gasteiger partial charge < -0.3 is 10.2 Å². The first kappa shape index (κ1) is 19.0. The van der Waals surface area contributed by atoms with Crippen molar-refractivity contribution in [3.8, 4) is 11.3 Å². The van der Waals surface area contributed by atoms with Gasteiger partial charge in [-0.3, -0.25) is 4.79 Å². The van der Waals surface area contributed by atoms with Crippen molar-refractivity contribution in [3.05, 3.63) is 66.0 Å². The minimum atomic E-state index is -0.295. The van der Waals surface area contributed by atoms with Crippen molar-refractivity contribution < 1.29 is 14.1 Å². The van der Waals surface area contributed by atoms with Crippen molar-refractivity contribution in [1.29, 1.82) is 0 Å². The van der Waals surface area contributed by atoms with Crippen LogP contribution in [0, 0.1) is 5.82 Å². The van der Waals surface area contributed by atoms with Crippen LogP contribution >= 0.6 is 0 Å². The van der Waals surface area contributed by atoms with Gasteiger partial charge in [0.1, 0.15) is 5.82 Å². The lowest BCUT2D eigenvalue weighted by Gasteiger charge is -2.16. The smallest absolute Gasteiger partial charge is 0.252 e. The van der Waals surface area contributed by atoms with Crippen LogP contribution in [0.3, 0.4) is 0 Å². The molecule has 4 nitrogen and oxygen atoms in total. The minimum absolute atomic E-state index is 0.108. The number of carbonyl (C=O) groups is 1. The fourth-order valence-electron chi connectivity index (χ4n) is 3.18. The number of para-hydroxylation sites is 1. The van der Waals surface area contributed by atoms with Gasteiger partial charge in [-0.1, -0.05) is 18.2 Å². The molecule has 2 aromatic carbocycles. The molecule has 0 saturated carbocycles. The van der Waals surface area contributed by atoms with Crippen molar-refractivity contribution in [2.45, 2.75) is 13.8 Å². The van der Waals surface area contributed by atoms with Gasteiger partial charge in [-0.05, 0) is 50.2 Å². The van der Waals surface area contributed by atoms with E-state index in [0.29, 0.717) is 17.8 Å². The first-order valence-corrected chi connectivity index (χ1v) is 9.39. The minimum Gasteiger partial charge on any atom is -0.346 e. The lowest BCUT2D eigenvalue weighted by molar-refractivity contribution is -0.895. The molecule has 3 rings (SSSR count). The first-order chi connectivity index (χ1) is 13.1. The molecule has 140 valence electrons. The predicted molar refractivity (Wildman–Crippen MR) is 106 cm³/mol. The monoisotopic (exact) mass is 366 g/mol. The quantitative estimate of drug-likeness (QED) is 0.675. The number of pyridine rings is 1. The second-order valence-corrected chi connectivity index (χ2v) is 6.54. The number of rotatable bonds is 7. The van der Waals surface area contributed by atoms with Crippen LogP contribution in [0.1, 0.15) is 24.2 Å². The highest BCUT2D eigenvalue weighted by atomic mass is 19.1. The summed E-state index contributed by atoms with van der Waals surface area (Å²) in [6.45, 7) is 7.89. The van der Waals surface area contributed by atoms with E-state index in [1.54, 1.807) is 18.2 Å². The summed E-state index contributed by atoms with van der Waals surface area (Å²) >= 11 is 0. The molecule has 3 aromatic rings. The second kappa shape index (κ2) is 8.73. The van der Waals surface area contributed by atoms with Crippen LogP contribution in [0.15, 0.2) is 54.6 Å². The first-order valence-electron chi connectivity index (χ1n) is 9.39. The Labute approximate surface area is 159 Å². The summed E-state index contributed by atoms with van der Waals surface area (Å²) in [6.07, 6.45) is 0. The highest BCUT2D eigenvalue weighted by Gasteiger charge is 2.14. The normalized spacial score (nSPS) is 11.1. The summed E-state index contributed by atoms with van der Waals surface area (Å²) in [7, 11) is 0. The number of quaternary nitrogens is 1. The topological polar surface area (TPSA) is 46.4 Å². The standard InChI is InChI=1S/C22H24FN3O/c1-3-26(4-2)14-13-24-22(27)19-15-21(16-9-11-17(23)12-10-16)25-20-8-6-5-7-18(19)20/h5-12,15H,3-4,13-14H2,1-2H3,(H,24,27)/p+1. The Hall–Kier alpha value is -2.79. The van der Waals surface area contributed by atoms with Gasteiger partial charge in [0.15, 0.2) is 0 Å². The number of hydrogen-bond acceptors (Lipinski definition) is 2. The Bertz CT molecular complexity index is 920. The van der Waals surface area contributed by atoms with Crippen LogP contribution in [-0.4, -0.2) is 37.1 Å². The summed E-state index contributed by atoms with van der Waals surface area (Å²) < 4.78 is 13.2. The molecule has 0 fully saturated rings. The summed E-state index contributed by atoms with van der Waals surface area (Å²) in [5.41, 5.74) is 2.78. The summed E-state index contributed by atoms with van der Waals surface area (Å²) in [5, 5.41) is 3.85. The third-order valence-corrected chi connectivity index (χ3v) is 4.86. The van der Waals surface area contributed by atoms with Crippen LogP contribution in [-0.2, 0) is 0 Å². The molecular formula is C22H25FN3O+. The average Bonchev–Trinajstić information content (AvgIpc) is 2.70. The van der Waals surface area contributed by atoms with Gasteiger partial charge in [0.2, 0.25) is 0 Å². The van der Waals surface area contributed by atoms with E-state index < -0.39 is 0 Å². The highest BCUT2D eigenvalue weighted by molar-refractivity contribution is 6.07. The van der Waals surface area contributed by atoms with Gasteiger partial charge >= 0.3 is 0 Å². The maximum atomic E-state index is 13.2. The molecule has 0 spiro atoms. The number of nitrogens with zero attached hydrogens (tertiary/aromatic N) is 1. The summed E-state index contributed by atoms with van der Waals surface area (Å²) in [6, 6.07) is 15.5. The Morgan fingerprint density at radius 1 is 1.07 bits per heavy atom. The Kier molecular flexibility index (Phi) is 6.14. The van der Waals surface area contributed by atoms with Crippen LogP contribution < -0.4 is 10.2 Å². The number of likely N-dealkylation sites (N-methyl/N-ethyl adjacent to an activating group) is 1. The van der Waals surface area contributed by atoms with E-state index in [-0.39, 0.29) is 11.7 Å². The number of carbonyl (C=O) groups excluding carboxylic acids is 1. The van der Waals surface area contributed by atoms with Crippen molar-refractivity contribution in [2.75, 3.05) is 26.2 Å². The van der Waals surface area contributed by atoms with E-state index in [1.807, 2.05) is 24.3 Å². The zero-order valence-electron chi connectivity index (χ0n) is 15.8. The number of hydrogen-bond donors (Lipinski definition) is 2. The molecule has 2 N–H and O–H groups in total. The zero-order valence-corrected chi connectivity index (χ0v) is 15.8. The number of aromatic nitrogens is 1. The average molecular weight is 366 g/mol. The van der Waals surface area contributed by atoms with Crippen molar-refractivity contribution in [3.63, 3.8) is 0 Å². The Balaban J connectivity index is 1.91. The molecule has 1 aromatic heterocycles. The van der Waals surface area contributed by atoms with Crippen LogP contribution in [0.5, 0.6) is 0 Å². The van der Waals surface area contributed by atoms with Gasteiger partial charge in [0.05, 0.1) is 43.0 Å². The molecule has 0 aliphatic heterocycles. The van der Waals surface area contributed by atoms with Crippen LogP contribution in [0.2, 0.25) is 0 Å². The predicted octanol–water partition coefficient (Wildman–Crippen LogP) is 2.70. The van der Waals surface area contributed by atoms with E-state index in [9.17, 15) is 9.18 Å². The van der Waals surface area contributed by atoms with E-state index in [1.165, 1.54) is 17.0 Å². The van der Waals surface area contributed by atoms with E-state index in [0.717, 1.165) is 36.1 Å². The lowest BCUT2D eigenvalue weighted by Crippen LogP contribution is -3.12. The molecular weight excluding hydrogens is 341 g/mol. The highest BCUT2D eigenvalue weighted by Crippen LogP contribution is 2.25. The SMILES string of the molecule is CC[NH+](CC)CCNC(=O)c1cc(-c2ccc(F)cc2)nc2ccccc12. The van der Waals surface area contributed by atoms with Crippen molar-refractivity contribution in [2.24, 2.45) is 0 Å². The summed E-state index contributed by atoms with van der Waals surface area (Å²) in [5.74, 6) is -0.403. The third-order valence-electron chi connectivity index (χ3n) is 4.86. The number of halogens is 1. The molecule has 0 bridgehead atoms. The number of benzene rings is 2. The second-order valence-electron chi connectivity index (χ2n) is 6.54. The molecule has 0 aliphatic carbocycles. The van der Waals surface area contributed by atoms with E-state index in [4.69, 9.17) is 0 Å². The van der Waals surface area contributed by atoms with Crippen molar-refractivity contribution in [1.82, 2.24) is 10.3 Å². The molecule has 0 atom stereocenters. The molecule has 1 heterocycles.